The van der Waals surface area contributed by atoms with Gasteiger partial charge in [0, 0.05) is 0 Å². The van der Waals surface area contributed by atoms with Gasteiger partial charge >= 0.3 is 0 Å². The van der Waals surface area contributed by atoms with Crippen molar-refractivity contribution in [2.75, 3.05) is 0 Å². The number of rotatable bonds is 0. The van der Waals surface area contributed by atoms with E-state index in [4.69, 9.17) is 23.2 Å². The number of fused-ring (bicyclic) bond motifs is 1. The Labute approximate surface area is 88.9 Å². The molecule has 0 aliphatic heterocycles. The maximum atomic E-state index is 5.97. The molecule has 1 aromatic carbocycles. The summed E-state index contributed by atoms with van der Waals surface area (Å²) in [7, 11) is 0. The average molecular weight is 215 g/mol. The van der Waals surface area contributed by atoms with Crippen LogP contribution < -0.4 is 0 Å². The van der Waals surface area contributed by atoms with Crippen LogP contribution in [0.4, 0.5) is 0 Å². The fourth-order valence-corrected chi connectivity index (χ4v) is 2.56. The molecule has 2 atom stereocenters. The molecule has 70 valence electrons. The summed E-state index contributed by atoms with van der Waals surface area (Å²) in [5.74, 6) is 1.25. The molecule has 0 aromatic heterocycles. The predicted molar refractivity (Wildman–Crippen MR) is 57.9 cm³/mol. The SMILES string of the molecule is CC1CC(C)c2cc(Cl)c(Cl)cc21. The highest BCUT2D eigenvalue weighted by molar-refractivity contribution is 6.42. The first-order chi connectivity index (χ1) is 6.09. The van der Waals surface area contributed by atoms with Crippen LogP contribution in [-0.2, 0) is 0 Å². The summed E-state index contributed by atoms with van der Waals surface area (Å²) in [6.45, 7) is 4.49. The van der Waals surface area contributed by atoms with E-state index in [1.807, 2.05) is 12.1 Å². The lowest BCUT2D eigenvalue weighted by atomic mass is 10.0. The van der Waals surface area contributed by atoms with E-state index in [1.165, 1.54) is 17.5 Å². The van der Waals surface area contributed by atoms with Crippen LogP contribution in [0, 0.1) is 0 Å². The molecule has 0 fully saturated rings. The van der Waals surface area contributed by atoms with Gasteiger partial charge in [-0.3, -0.25) is 0 Å². The molecule has 2 unspecified atom stereocenters. The third kappa shape index (κ3) is 1.47. The largest absolute Gasteiger partial charge is 0.0827 e. The molecule has 1 aliphatic rings. The lowest BCUT2D eigenvalue weighted by molar-refractivity contribution is 0.661. The van der Waals surface area contributed by atoms with E-state index < -0.39 is 0 Å². The number of halogens is 2. The van der Waals surface area contributed by atoms with Crippen molar-refractivity contribution < 1.29 is 0 Å². The van der Waals surface area contributed by atoms with Crippen LogP contribution in [-0.4, -0.2) is 0 Å². The van der Waals surface area contributed by atoms with Crippen LogP contribution in [0.15, 0.2) is 12.1 Å². The maximum absolute atomic E-state index is 5.97. The molecule has 2 rings (SSSR count). The molecule has 0 N–H and O–H groups in total. The van der Waals surface area contributed by atoms with E-state index in [0.717, 1.165) is 0 Å². The van der Waals surface area contributed by atoms with Crippen molar-refractivity contribution in [3.05, 3.63) is 33.3 Å². The Hall–Kier alpha value is -0.200. The monoisotopic (exact) mass is 214 g/mol. The summed E-state index contributed by atoms with van der Waals surface area (Å²) in [4.78, 5) is 0. The lowest BCUT2D eigenvalue weighted by Crippen LogP contribution is -1.87. The first-order valence-corrected chi connectivity index (χ1v) is 5.34. The molecular weight excluding hydrogens is 203 g/mol. The second-order valence-corrected chi connectivity index (χ2v) is 4.75. The molecule has 0 nitrogen and oxygen atoms in total. The van der Waals surface area contributed by atoms with E-state index in [-0.39, 0.29) is 0 Å². The van der Waals surface area contributed by atoms with Crippen LogP contribution in [0.5, 0.6) is 0 Å². The second-order valence-electron chi connectivity index (χ2n) is 3.93. The summed E-state index contributed by atoms with van der Waals surface area (Å²) in [5.41, 5.74) is 2.75. The van der Waals surface area contributed by atoms with Gasteiger partial charge in [0.2, 0.25) is 0 Å². The fraction of sp³-hybridized carbons (Fsp3) is 0.455. The molecule has 13 heavy (non-hydrogen) atoms. The van der Waals surface area contributed by atoms with Gasteiger partial charge < -0.3 is 0 Å². The van der Waals surface area contributed by atoms with E-state index in [2.05, 4.69) is 13.8 Å². The Morgan fingerprint density at radius 3 is 1.77 bits per heavy atom. The van der Waals surface area contributed by atoms with E-state index in [1.54, 1.807) is 0 Å². The second kappa shape index (κ2) is 3.18. The molecular formula is C11H12Cl2. The number of benzene rings is 1. The van der Waals surface area contributed by atoms with Gasteiger partial charge in [-0.05, 0) is 41.5 Å². The smallest absolute Gasteiger partial charge is 0.0595 e. The van der Waals surface area contributed by atoms with Crippen molar-refractivity contribution in [3.8, 4) is 0 Å². The fourth-order valence-electron chi connectivity index (χ4n) is 2.22. The lowest BCUT2D eigenvalue weighted by Gasteiger charge is -2.06. The zero-order chi connectivity index (χ0) is 9.59. The Morgan fingerprint density at radius 2 is 1.38 bits per heavy atom. The highest BCUT2D eigenvalue weighted by atomic mass is 35.5. The van der Waals surface area contributed by atoms with Crippen LogP contribution in [0.25, 0.3) is 0 Å². The van der Waals surface area contributed by atoms with Gasteiger partial charge in [-0.25, -0.2) is 0 Å². The molecule has 0 saturated carbocycles. The standard InChI is InChI=1S/C11H12Cl2/c1-6-3-7(2)9-5-11(13)10(12)4-8(6)9/h4-7H,3H2,1-2H3. The molecule has 0 radical (unpaired) electrons. The van der Waals surface area contributed by atoms with E-state index in [9.17, 15) is 0 Å². The Bertz CT molecular complexity index is 311. The van der Waals surface area contributed by atoms with Crippen LogP contribution >= 0.6 is 23.2 Å². The van der Waals surface area contributed by atoms with Crippen LogP contribution in [0.1, 0.15) is 43.2 Å². The third-order valence-electron chi connectivity index (χ3n) is 2.89. The number of hydrogen-bond acceptors (Lipinski definition) is 0. The van der Waals surface area contributed by atoms with E-state index >= 15 is 0 Å². The molecule has 0 bridgehead atoms. The zero-order valence-electron chi connectivity index (χ0n) is 7.77. The minimum absolute atomic E-state index is 0.625. The highest BCUT2D eigenvalue weighted by Crippen LogP contribution is 2.43. The van der Waals surface area contributed by atoms with Crippen molar-refractivity contribution in [2.45, 2.75) is 32.1 Å². The molecule has 2 heteroatoms. The summed E-state index contributed by atoms with van der Waals surface area (Å²) >= 11 is 11.9. The van der Waals surface area contributed by atoms with Gasteiger partial charge in [0.15, 0.2) is 0 Å². The van der Waals surface area contributed by atoms with Crippen molar-refractivity contribution in [1.29, 1.82) is 0 Å². The predicted octanol–water partition coefficient (Wildman–Crippen LogP) is 4.60. The Balaban J connectivity index is 2.58. The molecule has 0 spiro atoms. The van der Waals surface area contributed by atoms with E-state index in [0.29, 0.717) is 21.9 Å². The van der Waals surface area contributed by atoms with Crippen molar-refractivity contribution in [1.82, 2.24) is 0 Å². The minimum Gasteiger partial charge on any atom is -0.0827 e. The summed E-state index contributed by atoms with van der Waals surface area (Å²) < 4.78 is 0. The average Bonchev–Trinajstić information content (AvgIpc) is 2.31. The quantitative estimate of drug-likeness (QED) is 0.593. The molecule has 0 heterocycles. The summed E-state index contributed by atoms with van der Waals surface area (Å²) in [5, 5.41) is 1.36. The first kappa shape index (κ1) is 9.36. The van der Waals surface area contributed by atoms with Gasteiger partial charge in [-0.15, -0.1) is 0 Å². The Morgan fingerprint density at radius 1 is 1.00 bits per heavy atom. The van der Waals surface area contributed by atoms with Crippen molar-refractivity contribution in [3.63, 3.8) is 0 Å². The van der Waals surface area contributed by atoms with Crippen molar-refractivity contribution in [2.24, 2.45) is 0 Å². The van der Waals surface area contributed by atoms with Crippen LogP contribution in [0.3, 0.4) is 0 Å². The molecule has 1 aliphatic carbocycles. The highest BCUT2D eigenvalue weighted by Gasteiger charge is 2.25. The first-order valence-electron chi connectivity index (χ1n) is 4.58. The molecule has 0 amide bonds. The summed E-state index contributed by atoms with van der Waals surface area (Å²) in [6, 6.07) is 4.04. The third-order valence-corrected chi connectivity index (χ3v) is 3.62. The van der Waals surface area contributed by atoms with Gasteiger partial charge in [0.1, 0.15) is 0 Å². The maximum Gasteiger partial charge on any atom is 0.0595 e. The molecule has 0 saturated heterocycles. The normalized spacial score (nSPS) is 26.2. The zero-order valence-corrected chi connectivity index (χ0v) is 9.28. The van der Waals surface area contributed by atoms with Gasteiger partial charge in [0.05, 0.1) is 10.0 Å². The number of hydrogen-bond donors (Lipinski definition) is 0. The van der Waals surface area contributed by atoms with Gasteiger partial charge in [-0.1, -0.05) is 37.0 Å². The van der Waals surface area contributed by atoms with Gasteiger partial charge in [-0.2, -0.15) is 0 Å². The Kier molecular flexibility index (Phi) is 2.29. The molecule has 1 aromatic rings. The summed E-state index contributed by atoms with van der Waals surface area (Å²) in [6.07, 6.45) is 1.21. The van der Waals surface area contributed by atoms with Gasteiger partial charge in [0.25, 0.3) is 0 Å². The topological polar surface area (TPSA) is 0 Å². The minimum atomic E-state index is 0.625. The van der Waals surface area contributed by atoms with Crippen LogP contribution in [0.2, 0.25) is 10.0 Å². The van der Waals surface area contributed by atoms with Crippen molar-refractivity contribution >= 4 is 23.2 Å².